The molecule has 0 heterocycles. The molecule has 0 aliphatic rings. The fraction of sp³-hybridized carbons (Fsp3) is 0.417. The molecule has 1 rings (SSSR count). The molecule has 0 unspecified atom stereocenters. The third-order valence-electron chi connectivity index (χ3n) is 2.78. The van der Waals surface area contributed by atoms with Crippen LogP contribution in [0.5, 0.6) is 0 Å². The summed E-state index contributed by atoms with van der Waals surface area (Å²) in [4.78, 5) is 10.9. The molecular formula is C12H19N3O4S. The van der Waals surface area contributed by atoms with Gasteiger partial charge in [0.25, 0.3) is 0 Å². The van der Waals surface area contributed by atoms with E-state index in [-0.39, 0.29) is 35.3 Å². The second kappa shape index (κ2) is 6.21. The zero-order valence-electron chi connectivity index (χ0n) is 11.4. The lowest BCUT2D eigenvalue weighted by Crippen LogP contribution is -2.39. The van der Waals surface area contributed by atoms with Crippen molar-refractivity contribution in [2.75, 3.05) is 18.9 Å². The van der Waals surface area contributed by atoms with Crippen molar-refractivity contribution < 1.29 is 18.3 Å². The second-order valence-corrected chi connectivity index (χ2v) is 6.41. The van der Waals surface area contributed by atoms with Crippen molar-refractivity contribution in [3.63, 3.8) is 0 Å². The number of aliphatic hydroxyl groups excluding tert-OH is 1. The van der Waals surface area contributed by atoms with Gasteiger partial charge in [0.1, 0.15) is 4.90 Å². The summed E-state index contributed by atoms with van der Waals surface area (Å²) in [6.45, 7) is 3.07. The van der Waals surface area contributed by atoms with E-state index in [1.807, 2.05) is 0 Å². The fourth-order valence-electron chi connectivity index (χ4n) is 1.82. The Bertz CT molecular complexity index is 599. The number of aliphatic hydroxyl groups is 1. The van der Waals surface area contributed by atoms with Crippen molar-refractivity contribution in [3.8, 4) is 0 Å². The molecule has 112 valence electrons. The average molecular weight is 301 g/mol. The first-order chi connectivity index (χ1) is 9.21. The van der Waals surface area contributed by atoms with Crippen LogP contribution in [0.15, 0.2) is 23.1 Å². The number of rotatable bonds is 6. The van der Waals surface area contributed by atoms with Gasteiger partial charge in [-0.15, -0.1) is 0 Å². The predicted octanol–water partition coefficient (Wildman–Crippen LogP) is -0.241. The minimum absolute atomic E-state index is 0.0307. The van der Waals surface area contributed by atoms with Crippen molar-refractivity contribution >= 4 is 21.6 Å². The lowest BCUT2D eigenvalue weighted by Gasteiger charge is -2.25. The number of nitrogen functional groups attached to an aromatic ring is 1. The van der Waals surface area contributed by atoms with Crippen molar-refractivity contribution in [3.05, 3.63) is 23.8 Å². The van der Waals surface area contributed by atoms with E-state index in [9.17, 15) is 13.2 Å². The van der Waals surface area contributed by atoms with Gasteiger partial charge in [-0.25, -0.2) is 8.42 Å². The molecule has 7 nitrogen and oxygen atoms in total. The molecule has 0 bridgehead atoms. The van der Waals surface area contributed by atoms with Gasteiger partial charge >= 0.3 is 0 Å². The molecule has 0 fully saturated rings. The summed E-state index contributed by atoms with van der Waals surface area (Å²) in [7, 11) is -3.84. The maximum Gasteiger partial charge on any atom is 0.248 e. The number of carbonyl (C=O) groups excluding carboxylic acids is 1. The fourth-order valence-corrected chi connectivity index (χ4v) is 3.54. The van der Waals surface area contributed by atoms with E-state index in [4.69, 9.17) is 16.6 Å². The standard InChI is InChI=1S/C12H19N3O4S/c1-8(2)15(5-6-16)20(18,19)11-4-3-9(12(14)17)7-10(11)13/h3-4,7-8,16H,5-6,13H2,1-2H3,(H2,14,17). The van der Waals surface area contributed by atoms with Crippen LogP contribution in [-0.4, -0.2) is 42.9 Å². The van der Waals surface area contributed by atoms with E-state index in [0.717, 1.165) is 4.31 Å². The van der Waals surface area contributed by atoms with Crippen LogP contribution in [0.2, 0.25) is 0 Å². The van der Waals surface area contributed by atoms with E-state index in [1.54, 1.807) is 13.8 Å². The molecule has 0 spiro atoms. The number of carbonyl (C=O) groups is 1. The normalized spacial score (nSPS) is 12.1. The van der Waals surface area contributed by atoms with Crippen molar-refractivity contribution in [1.82, 2.24) is 4.31 Å². The summed E-state index contributed by atoms with van der Waals surface area (Å²) in [5, 5.41) is 8.98. The maximum absolute atomic E-state index is 12.5. The van der Waals surface area contributed by atoms with Crippen molar-refractivity contribution in [2.45, 2.75) is 24.8 Å². The summed E-state index contributed by atoms with van der Waals surface area (Å²) >= 11 is 0. The second-order valence-electron chi connectivity index (χ2n) is 4.55. The summed E-state index contributed by atoms with van der Waals surface area (Å²) in [5.41, 5.74) is 10.9. The van der Waals surface area contributed by atoms with Crippen LogP contribution < -0.4 is 11.5 Å². The number of sulfonamides is 1. The summed E-state index contributed by atoms with van der Waals surface area (Å²) in [5.74, 6) is -0.684. The Hall–Kier alpha value is -1.64. The van der Waals surface area contributed by atoms with Crippen molar-refractivity contribution in [2.24, 2.45) is 5.73 Å². The zero-order chi connectivity index (χ0) is 15.5. The molecule has 20 heavy (non-hydrogen) atoms. The molecule has 0 saturated carbocycles. The Kier molecular flexibility index (Phi) is 5.09. The number of hydrogen-bond donors (Lipinski definition) is 3. The van der Waals surface area contributed by atoms with Gasteiger partial charge in [-0.05, 0) is 32.0 Å². The van der Waals surface area contributed by atoms with Gasteiger partial charge < -0.3 is 16.6 Å². The number of primary amides is 1. The predicted molar refractivity (Wildman–Crippen MR) is 75.5 cm³/mol. The number of hydrogen-bond acceptors (Lipinski definition) is 5. The first-order valence-corrected chi connectivity index (χ1v) is 7.47. The molecule has 0 radical (unpaired) electrons. The highest BCUT2D eigenvalue weighted by atomic mass is 32.2. The Morgan fingerprint density at radius 2 is 2.00 bits per heavy atom. The van der Waals surface area contributed by atoms with Gasteiger partial charge in [-0.2, -0.15) is 4.31 Å². The number of nitrogens with zero attached hydrogens (tertiary/aromatic N) is 1. The number of nitrogens with two attached hydrogens (primary N) is 2. The monoisotopic (exact) mass is 301 g/mol. The first-order valence-electron chi connectivity index (χ1n) is 6.03. The third-order valence-corrected chi connectivity index (χ3v) is 4.93. The molecule has 5 N–H and O–H groups in total. The SMILES string of the molecule is CC(C)N(CCO)S(=O)(=O)c1ccc(C(N)=O)cc1N. The Labute approximate surface area is 118 Å². The molecule has 1 aromatic rings. The Morgan fingerprint density at radius 1 is 1.40 bits per heavy atom. The minimum atomic E-state index is -3.84. The van der Waals surface area contributed by atoms with E-state index in [1.165, 1.54) is 18.2 Å². The number of benzene rings is 1. The lowest BCUT2D eigenvalue weighted by atomic mass is 10.2. The van der Waals surface area contributed by atoms with Crippen LogP contribution in [0.1, 0.15) is 24.2 Å². The Morgan fingerprint density at radius 3 is 2.40 bits per heavy atom. The number of amides is 1. The van der Waals surface area contributed by atoms with Gasteiger partial charge in [0.15, 0.2) is 0 Å². The molecule has 1 aromatic carbocycles. The van der Waals surface area contributed by atoms with E-state index in [0.29, 0.717) is 0 Å². The van der Waals surface area contributed by atoms with E-state index in [2.05, 4.69) is 0 Å². The highest BCUT2D eigenvalue weighted by Crippen LogP contribution is 2.24. The summed E-state index contributed by atoms with van der Waals surface area (Å²) in [6, 6.07) is 3.45. The first kappa shape index (κ1) is 16.4. The van der Waals surface area contributed by atoms with Gasteiger partial charge in [0, 0.05) is 18.2 Å². The zero-order valence-corrected chi connectivity index (χ0v) is 12.2. The molecule has 0 atom stereocenters. The van der Waals surface area contributed by atoms with Crippen LogP contribution >= 0.6 is 0 Å². The van der Waals surface area contributed by atoms with Gasteiger partial charge in [0.2, 0.25) is 15.9 Å². The topological polar surface area (TPSA) is 127 Å². The van der Waals surface area contributed by atoms with Crippen LogP contribution in [0.25, 0.3) is 0 Å². The summed E-state index contributed by atoms with van der Waals surface area (Å²) < 4.78 is 26.1. The maximum atomic E-state index is 12.5. The van der Waals surface area contributed by atoms with Crippen LogP contribution in [0, 0.1) is 0 Å². The largest absolute Gasteiger partial charge is 0.398 e. The number of anilines is 1. The lowest BCUT2D eigenvalue weighted by molar-refractivity contribution is 0.1000. The molecule has 0 aliphatic heterocycles. The summed E-state index contributed by atoms with van der Waals surface area (Å²) in [6.07, 6.45) is 0. The molecule has 0 aliphatic carbocycles. The Balaban J connectivity index is 3.31. The average Bonchev–Trinajstić information content (AvgIpc) is 2.34. The quantitative estimate of drug-likeness (QED) is 0.625. The van der Waals surface area contributed by atoms with E-state index >= 15 is 0 Å². The highest BCUT2D eigenvalue weighted by molar-refractivity contribution is 7.89. The highest BCUT2D eigenvalue weighted by Gasteiger charge is 2.28. The van der Waals surface area contributed by atoms with Crippen LogP contribution in [0.3, 0.4) is 0 Å². The molecule has 0 saturated heterocycles. The van der Waals surface area contributed by atoms with Gasteiger partial charge in [-0.1, -0.05) is 0 Å². The van der Waals surface area contributed by atoms with Crippen LogP contribution in [-0.2, 0) is 10.0 Å². The molecule has 8 heteroatoms. The van der Waals surface area contributed by atoms with Gasteiger partial charge in [0.05, 0.1) is 12.3 Å². The molecule has 1 amide bonds. The van der Waals surface area contributed by atoms with Crippen molar-refractivity contribution in [1.29, 1.82) is 0 Å². The van der Waals surface area contributed by atoms with Crippen LogP contribution in [0.4, 0.5) is 5.69 Å². The molecular weight excluding hydrogens is 282 g/mol. The van der Waals surface area contributed by atoms with Gasteiger partial charge in [-0.3, -0.25) is 4.79 Å². The smallest absolute Gasteiger partial charge is 0.248 e. The molecule has 0 aromatic heterocycles. The minimum Gasteiger partial charge on any atom is -0.398 e. The third kappa shape index (κ3) is 3.27. The van der Waals surface area contributed by atoms with E-state index < -0.39 is 15.9 Å².